The Balaban J connectivity index is 2.96. The summed E-state index contributed by atoms with van der Waals surface area (Å²) < 4.78 is 0. The van der Waals surface area contributed by atoms with E-state index in [9.17, 15) is 5.11 Å². The zero-order chi connectivity index (χ0) is 10.8. The summed E-state index contributed by atoms with van der Waals surface area (Å²) in [5.74, 6) is 0.581. The third-order valence-electron chi connectivity index (χ3n) is 2.99. The Morgan fingerprint density at radius 2 is 2.00 bits per heavy atom. The molecule has 2 atom stereocenters. The van der Waals surface area contributed by atoms with E-state index in [1.807, 2.05) is 6.92 Å². The van der Waals surface area contributed by atoms with Crippen molar-refractivity contribution >= 4 is 0 Å². The maximum atomic E-state index is 10.3. The van der Waals surface area contributed by atoms with Crippen LogP contribution in [-0.4, -0.2) is 15.1 Å². The molecule has 1 aromatic heterocycles. The van der Waals surface area contributed by atoms with Crippen molar-refractivity contribution in [1.29, 1.82) is 0 Å². The Morgan fingerprint density at radius 1 is 1.36 bits per heavy atom. The minimum absolute atomic E-state index is 0.164. The van der Waals surface area contributed by atoms with E-state index < -0.39 is 5.60 Å². The molecule has 1 aromatic rings. The summed E-state index contributed by atoms with van der Waals surface area (Å²) in [6.07, 6.45) is 3.13. The molecule has 0 saturated heterocycles. The molecule has 0 amide bonds. The highest BCUT2D eigenvalue weighted by molar-refractivity contribution is 5.10. The highest BCUT2D eigenvalue weighted by Gasteiger charge is 2.33. The van der Waals surface area contributed by atoms with Crippen LogP contribution in [0.15, 0.2) is 18.6 Å². The Kier molecular flexibility index (Phi) is 3.21. The van der Waals surface area contributed by atoms with Crippen LogP contribution in [0.2, 0.25) is 0 Å². The minimum Gasteiger partial charge on any atom is -0.384 e. The number of hydrogen-bond donors (Lipinski definition) is 1. The largest absolute Gasteiger partial charge is 0.384 e. The molecule has 0 aromatic carbocycles. The third kappa shape index (κ3) is 2.10. The molecule has 3 heteroatoms. The standard InChI is InChI=1S/C11H18N2O/c1-8(2)9(3)11(4,14)10-5-6-12-7-13-10/h5-9,14H,1-4H3. The molecule has 14 heavy (non-hydrogen) atoms. The van der Waals surface area contributed by atoms with Crippen LogP contribution in [0.4, 0.5) is 0 Å². The molecule has 1 N–H and O–H groups in total. The quantitative estimate of drug-likeness (QED) is 0.800. The number of nitrogens with zero attached hydrogens (tertiary/aromatic N) is 2. The second-order valence-electron chi connectivity index (χ2n) is 4.27. The maximum Gasteiger partial charge on any atom is 0.115 e. The smallest absolute Gasteiger partial charge is 0.115 e. The zero-order valence-corrected chi connectivity index (χ0v) is 9.23. The van der Waals surface area contributed by atoms with Gasteiger partial charge >= 0.3 is 0 Å². The molecule has 1 heterocycles. The van der Waals surface area contributed by atoms with Crippen molar-refractivity contribution in [3.63, 3.8) is 0 Å². The van der Waals surface area contributed by atoms with Crippen molar-refractivity contribution in [2.75, 3.05) is 0 Å². The average molecular weight is 194 g/mol. The van der Waals surface area contributed by atoms with E-state index in [1.165, 1.54) is 6.33 Å². The first-order valence-electron chi connectivity index (χ1n) is 4.95. The molecule has 3 nitrogen and oxygen atoms in total. The van der Waals surface area contributed by atoms with Crippen LogP contribution in [0.1, 0.15) is 33.4 Å². The lowest BCUT2D eigenvalue weighted by Crippen LogP contribution is -2.34. The maximum absolute atomic E-state index is 10.3. The molecule has 0 radical (unpaired) electrons. The van der Waals surface area contributed by atoms with E-state index in [1.54, 1.807) is 19.2 Å². The third-order valence-corrected chi connectivity index (χ3v) is 2.99. The topological polar surface area (TPSA) is 46.0 Å². The van der Waals surface area contributed by atoms with Crippen LogP contribution < -0.4 is 0 Å². The molecular weight excluding hydrogens is 176 g/mol. The van der Waals surface area contributed by atoms with Crippen LogP contribution in [0.5, 0.6) is 0 Å². The summed E-state index contributed by atoms with van der Waals surface area (Å²) in [7, 11) is 0. The molecule has 0 aliphatic carbocycles. The van der Waals surface area contributed by atoms with Crippen molar-refractivity contribution < 1.29 is 5.11 Å². The van der Waals surface area contributed by atoms with E-state index >= 15 is 0 Å². The van der Waals surface area contributed by atoms with Gasteiger partial charge in [0, 0.05) is 6.20 Å². The predicted octanol–water partition coefficient (Wildman–Crippen LogP) is 1.98. The van der Waals surface area contributed by atoms with Crippen molar-refractivity contribution in [3.05, 3.63) is 24.3 Å². The number of aromatic nitrogens is 2. The second kappa shape index (κ2) is 4.05. The molecule has 0 aliphatic rings. The molecule has 0 saturated carbocycles. The van der Waals surface area contributed by atoms with Gasteiger partial charge in [0.05, 0.1) is 5.69 Å². The van der Waals surface area contributed by atoms with Crippen molar-refractivity contribution in [2.24, 2.45) is 11.8 Å². The van der Waals surface area contributed by atoms with Gasteiger partial charge in [-0.1, -0.05) is 20.8 Å². The zero-order valence-electron chi connectivity index (χ0n) is 9.23. The summed E-state index contributed by atoms with van der Waals surface area (Å²) in [4.78, 5) is 7.93. The SMILES string of the molecule is CC(C)C(C)C(C)(O)c1ccncn1. The van der Waals surface area contributed by atoms with Gasteiger partial charge in [-0.25, -0.2) is 9.97 Å². The molecular formula is C11H18N2O. The van der Waals surface area contributed by atoms with Gasteiger partial charge in [0.25, 0.3) is 0 Å². The molecule has 78 valence electrons. The monoisotopic (exact) mass is 194 g/mol. The van der Waals surface area contributed by atoms with Crippen molar-refractivity contribution in [3.8, 4) is 0 Å². The molecule has 0 fully saturated rings. The van der Waals surface area contributed by atoms with E-state index in [4.69, 9.17) is 0 Å². The fourth-order valence-corrected chi connectivity index (χ4v) is 1.47. The lowest BCUT2D eigenvalue weighted by molar-refractivity contribution is -0.0213. The van der Waals surface area contributed by atoms with Crippen LogP contribution in [-0.2, 0) is 5.60 Å². The van der Waals surface area contributed by atoms with E-state index in [-0.39, 0.29) is 5.92 Å². The summed E-state index contributed by atoms with van der Waals surface area (Å²) in [5, 5.41) is 10.3. The van der Waals surface area contributed by atoms with Crippen LogP contribution in [0.25, 0.3) is 0 Å². The molecule has 2 unspecified atom stereocenters. The van der Waals surface area contributed by atoms with E-state index in [0.29, 0.717) is 11.6 Å². The highest BCUT2D eigenvalue weighted by atomic mass is 16.3. The number of hydrogen-bond acceptors (Lipinski definition) is 3. The van der Waals surface area contributed by atoms with Gasteiger partial charge in [0.15, 0.2) is 0 Å². The molecule has 0 bridgehead atoms. The first kappa shape index (κ1) is 11.1. The Labute approximate surface area is 85.2 Å². The first-order valence-corrected chi connectivity index (χ1v) is 4.95. The average Bonchev–Trinajstić information content (AvgIpc) is 2.18. The van der Waals surface area contributed by atoms with Gasteiger partial charge in [-0.15, -0.1) is 0 Å². The summed E-state index contributed by atoms with van der Waals surface area (Å²) in [6.45, 7) is 8.04. The van der Waals surface area contributed by atoms with Crippen LogP contribution >= 0.6 is 0 Å². The normalized spacial score (nSPS) is 17.9. The fourth-order valence-electron chi connectivity index (χ4n) is 1.47. The lowest BCUT2D eigenvalue weighted by Gasteiger charge is -2.32. The molecule has 0 spiro atoms. The summed E-state index contributed by atoms with van der Waals surface area (Å²) >= 11 is 0. The Morgan fingerprint density at radius 3 is 2.43 bits per heavy atom. The van der Waals surface area contributed by atoms with Gasteiger partial charge in [-0.3, -0.25) is 0 Å². The van der Waals surface area contributed by atoms with Crippen LogP contribution in [0.3, 0.4) is 0 Å². The number of aliphatic hydroxyl groups is 1. The minimum atomic E-state index is -0.878. The summed E-state index contributed by atoms with van der Waals surface area (Å²) in [5.41, 5.74) is -0.189. The van der Waals surface area contributed by atoms with Crippen molar-refractivity contribution in [2.45, 2.75) is 33.3 Å². The van der Waals surface area contributed by atoms with E-state index in [0.717, 1.165) is 0 Å². The number of rotatable bonds is 3. The predicted molar refractivity (Wildman–Crippen MR) is 55.6 cm³/mol. The van der Waals surface area contributed by atoms with Gasteiger partial charge in [-0.05, 0) is 24.8 Å². The molecule has 0 aliphatic heterocycles. The van der Waals surface area contributed by atoms with Crippen molar-refractivity contribution in [1.82, 2.24) is 9.97 Å². The fraction of sp³-hybridized carbons (Fsp3) is 0.636. The lowest BCUT2D eigenvalue weighted by atomic mass is 9.80. The molecule has 1 rings (SSSR count). The Hall–Kier alpha value is -0.960. The van der Waals surface area contributed by atoms with Gasteiger partial charge in [0.2, 0.25) is 0 Å². The van der Waals surface area contributed by atoms with Gasteiger partial charge in [-0.2, -0.15) is 0 Å². The highest BCUT2D eigenvalue weighted by Crippen LogP contribution is 2.32. The summed E-state index contributed by atoms with van der Waals surface area (Å²) in [6, 6.07) is 1.76. The van der Waals surface area contributed by atoms with Gasteiger partial charge < -0.3 is 5.11 Å². The second-order valence-corrected chi connectivity index (χ2v) is 4.27. The van der Waals surface area contributed by atoms with E-state index in [2.05, 4.69) is 23.8 Å². The Bertz CT molecular complexity index is 283. The van der Waals surface area contributed by atoms with Gasteiger partial charge in [0.1, 0.15) is 11.9 Å². The van der Waals surface area contributed by atoms with Crippen LogP contribution in [0, 0.1) is 11.8 Å². The first-order chi connectivity index (χ1) is 6.46.